The van der Waals surface area contributed by atoms with Crippen LogP contribution in [0.4, 0.5) is 0 Å². The van der Waals surface area contributed by atoms with Gasteiger partial charge < -0.3 is 26.4 Å². The largest absolute Gasteiger partial charge is 0.395 e. The number of aliphatic hydroxyl groups is 1. The number of hydrogen-bond acceptors (Lipinski definition) is 5. The topological polar surface area (TPSA) is 68.3 Å². The fraction of sp³-hybridized carbons (Fsp3) is 1.00. The average molecular weight is 425 g/mol. The Labute approximate surface area is 186 Å². The van der Waals surface area contributed by atoms with Gasteiger partial charge in [0, 0.05) is 51.9 Å². The monoisotopic (exact) mass is 424 g/mol. The summed E-state index contributed by atoms with van der Waals surface area (Å²) in [7, 11) is 0. The van der Waals surface area contributed by atoms with Gasteiger partial charge in [-0.05, 0) is 37.5 Å². The lowest BCUT2D eigenvalue weighted by Crippen LogP contribution is -2.38. The third-order valence-corrected chi connectivity index (χ3v) is 7.28. The normalized spacial score (nSPS) is 19.0. The Balaban J connectivity index is 1.53. The van der Waals surface area contributed by atoms with E-state index >= 15 is 0 Å². The minimum atomic E-state index is 0.219. The lowest BCUT2D eigenvalue weighted by Gasteiger charge is -2.27. The van der Waals surface area contributed by atoms with Crippen molar-refractivity contribution in [3.63, 3.8) is 0 Å². The van der Waals surface area contributed by atoms with E-state index in [2.05, 4.69) is 21.3 Å². The van der Waals surface area contributed by atoms with Gasteiger partial charge in [0.25, 0.3) is 0 Å². The molecule has 0 amide bonds. The molecule has 0 aromatic heterocycles. The average Bonchev–Trinajstić information content (AvgIpc) is 2.80. The molecule has 0 aromatic rings. The molecule has 0 radical (unpaired) electrons. The number of rotatable bonds is 18. The SMILES string of the molecule is OCCNCCNCCNCCNC(CCC1CCCCC1)CCC1CCCCC1. The molecule has 2 aliphatic carbocycles. The Morgan fingerprint density at radius 3 is 1.47 bits per heavy atom. The van der Waals surface area contributed by atoms with Crippen molar-refractivity contribution in [2.45, 2.75) is 95.9 Å². The predicted octanol–water partition coefficient (Wildman–Crippen LogP) is 3.43. The summed E-state index contributed by atoms with van der Waals surface area (Å²) in [6.45, 7) is 6.98. The van der Waals surface area contributed by atoms with Crippen molar-refractivity contribution >= 4 is 0 Å². The van der Waals surface area contributed by atoms with Crippen LogP contribution in [0, 0.1) is 11.8 Å². The Bertz CT molecular complexity index is 348. The van der Waals surface area contributed by atoms with Crippen LogP contribution in [-0.4, -0.2) is 63.6 Å². The smallest absolute Gasteiger partial charge is 0.0555 e. The van der Waals surface area contributed by atoms with Crippen molar-refractivity contribution in [3.8, 4) is 0 Å². The van der Waals surface area contributed by atoms with Gasteiger partial charge in [0.15, 0.2) is 0 Å². The molecule has 5 nitrogen and oxygen atoms in total. The summed E-state index contributed by atoms with van der Waals surface area (Å²) in [4.78, 5) is 0. The van der Waals surface area contributed by atoms with Crippen LogP contribution in [0.5, 0.6) is 0 Å². The second-order valence-electron chi connectivity index (χ2n) is 9.79. The first-order valence-electron chi connectivity index (χ1n) is 13.3. The highest BCUT2D eigenvalue weighted by Crippen LogP contribution is 2.30. The Morgan fingerprint density at radius 1 is 0.567 bits per heavy atom. The van der Waals surface area contributed by atoms with E-state index in [9.17, 15) is 0 Å². The summed E-state index contributed by atoms with van der Waals surface area (Å²) < 4.78 is 0. The highest BCUT2D eigenvalue weighted by molar-refractivity contribution is 4.75. The fourth-order valence-electron chi connectivity index (χ4n) is 5.35. The molecule has 2 saturated carbocycles. The van der Waals surface area contributed by atoms with Crippen molar-refractivity contribution in [2.75, 3.05) is 52.4 Å². The zero-order valence-electron chi connectivity index (χ0n) is 19.7. The van der Waals surface area contributed by atoms with Crippen molar-refractivity contribution in [3.05, 3.63) is 0 Å². The van der Waals surface area contributed by atoms with E-state index < -0.39 is 0 Å². The molecule has 2 rings (SSSR count). The van der Waals surface area contributed by atoms with Gasteiger partial charge >= 0.3 is 0 Å². The molecule has 0 saturated heterocycles. The van der Waals surface area contributed by atoms with Crippen molar-refractivity contribution < 1.29 is 5.11 Å². The highest BCUT2D eigenvalue weighted by Gasteiger charge is 2.19. The first-order chi connectivity index (χ1) is 14.9. The first-order valence-corrected chi connectivity index (χ1v) is 13.3. The standard InChI is InChI=1S/C25H52N4O/c30-22-21-28-18-17-26-15-16-27-19-20-29-25(13-11-23-7-3-1-4-8-23)14-12-24-9-5-2-6-10-24/h23-30H,1-22H2. The second-order valence-corrected chi connectivity index (χ2v) is 9.79. The van der Waals surface area contributed by atoms with Crippen LogP contribution >= 0.6 is 0 Å². The van der Waals surface area contributed by atoms with Gasteiger partial charge in [-0.25, -0.2) is 0 Å². The summed E-state index contributed by atoms with van der Waals surface area (Å²) in [6, 6.07) is 0.728. The molecule has 30 heavy (non-hydrogen) atoms. The molecule has 5 N–H and O–H groups in total. The van der Waals surface area contributed by atoms with Gasteiger partial charge in [-0.1, -0.05) is 64.2 Å². The quantitative estimate of drug-likeness (QED) is 0.218. The molecule has 2 fully saturated rings. The lowest BCUT2D eigenvalue weighted by atomic mass is 9.82. The van der Waals surface area contributed by atoms with Crippen LogP contribution in [0.25, 0.3) is 0 Å². The summed E-state index contributed by atoms with van der Waals surface area (Å²) in [5.41, 5.74) is 0. The highest BCUT2D eigenvalue weighted by atomic mass is 16.3. The third-order valence-electron chi connectivity index (χ3n) is 7.28. The molecular formula is C25H52N4O. The Kier molecular flexibility index (Phi) is 16.0. The first kappa shape index (κ1) is 26.1. The van der Waals surface area contributed by atoms with E-state index in [0.717, 1.165) is 57.1 Å². The van der Waals surface area contributed by atoms with E-state index in [1.807, 2.05) is 0 Å². The molecule has 0 heterocycles. The van der Waals surface area contributed by atoms with Gasteiger partial charge in [0.05, 0.1) is 6.61 Å². The van der Waals surface area contributed by atoms with Crippen LogP contribution in [0.3, 0.4) is 0 Å². The van der Waals surface area contributed by atoms with Crippen LogP contribution in [-0.2, 0) is 0 Å². The Hall–Kier alpha value is -0.200. The molecule has 0 atom stereocenters. The lowest BCUT2D eigenvalue weighted by molar-refractivity contribution is 0.283. The molecular weight excluding hydrogens is 372 g/mol. The maximum absolute atomic E-state index is 8.73. The summed E-state index contributed by atoms with van der Waals surface area (Å²) in [5, 5.41) is 22.8. The zero-order chi connectivity index (χ0) is 21.1. The van der Waals surface area contributed by atoms with Gasteiger partial charge in [0.1, 0.15) is 0 Å². The van der Waals surface area contributed by atoms with E-state index in [1.165, 1.54) is 89.9 Å². The number of nitrogens with one attached hydrogen (secondary N) is 4. The molecule has 0 spiro atoms. The molecule has 0 aliphatic heterocycles. The zero-order valence-corrected chi connectivity index (χ0v) is 19.7. The summed E-state index contributed by atoms with van der Waals surface area (Å²) >= 11 is 0. The van der Waals surface area contributed by atoms with Crippen LogP contribution in [0.15, 0.2) is 0 Å². The Morgan fingerprint density at radius 2 is 1.00 bits per heavy atom. The van der Waals surface area contributed by atoms with Gasteiger partial charge in [0.2, 0.25) is 0 Å². The fourth-order valence-corrected chi connectivity index (χ4v) is 5.35. The molecule has 0 aromatic carbocycles. The minimum Gasteiger partial charge on any atom is -0.395 e. The van der Waals surface area contributed by atoms with Crippen molar-refractivity contribution in [1.82, 2.24) is 21.3 Å². The number of aliphatic hydroxyl groups excluding tert-OH is 1. The number of hydrogen-bond donors (Lipinski definition) is 5. The second kappa shape index (κ2) is 18.4. The van der Waals surface area contributed by atoms with E-state index in [-0.39, 0.29) is 6.61 Å². The van der Waals surface area contributed by atoms with E-state index in [1.54, 1.807) is 0 Å². The van der Waals surface area contributed by atoms with E-state index in [0.29, 0.717) is 6.54 Å². The summed E-state index contributed by atoms with van der Waals surface area (Å²) in [6.07, 6.45) is 20.4. The third kappa shape index (κ3) is 13.3. The van der Waals surface area contributed by atoms with Crippen molar-refractivity contribution in [2.24, 2.45) is 11.8 Å². The maximum Gasteiger partial charge on any atom is 0.0555 e. The maximum atomic E-state index is 8.73. The van der Waals surface area contributed by atoms with Crippen LogP contribution < -0.4 is 21.3 Å². The van der Waals surface area contributed by atoms with Gasteiger partial charge in [-0.3, -0.25) is 0 Å². The molecule has 0 bridgehead atoms. The summed E-state index contributed by atoms with van der Waals surface area (Å²) in [5.74, 6) is 2.02. The van der Waals surface area contributed by atoms with Crippen LogP contribution in [0.1, 0.15) is 89.9 Å². The predicted molar refractivity (Wildman–Crippen MR) is 129 cm³/mol. The van der Waals surface area contributed by atoms with Crippen molar-refractivity contribution in [1.29, 1.82) is 0 Å². The minimum absolute atomic E-state index is 0.219. The van der Waals surface area contributed by atoms with Crippen LogP contribution in [0.2, 0.25) is 0 Å². The molecule has 0 unspecified atom stereocenters. The molecule has 178 valence electrons. The van der Waals surface area contributed by atoms with Gasteiger partial charge in [-0.15, -0.1) is 0 Å². The molecule has 5 heteroatoms. The van der Waals surface area contributed by atoms with Gasteiger partial charge in [-0.2, -0.15) is 0 Å². The van der Waals surface area contributed by atoms with E-state index in [4.69, 9.17) is 5.11 Å². The molecule has 2 aliphatic rings.